The Kier molecular flexibility index (Phi) is 5.66. The van der Waals surface area contributed by atoms with Crippen molar-refractivity contribution in [3.05, 3.63) is 35.9 Å². The molecule has 132 valence electrons. The number of Topliss-reactive ketones (excluding diaryl/α,β-unsaturated/α-hetero) is 1. The van der Waals surface area contributed by atoms with E-state index in [1.807, 2.05) is 30.3 Å². The highest BCUT2D eigenvalue weighted by Crippen LogP contribution is 2.38. The third-order valence-corrected chi connectivity index (χ3v) is 9.77. The summed E-state index contributed by atoms with van der Waals surface area (Å²) in [7, 11) is -1.93. The van der Waals surface area contributed by atoms with Gasteiger partial charge < -0.3 is 9.33 Å². The molecule has 1 fully saturated rings. The lowest BCUT2D eigenvalue weighted by molar-refractivity contribution is -0.149. The van der Waals surface area contributed by atoms with Crippen molar-refractivity contribution in [2.45, 2.75) is 57.8 Å². The zero-order valence-electron chi connectivity index (χ0n) is 15.5. The van der Waals surface area contributed by atoms with Crippen LogP contribution in [0.25, 0.3) is 0 Å². The van der Waals surface area contributed by atoms with Crippen LogP contribution in [0, 0.1) is 0 Å². The first-order chi connectivity index (χ1) is 11.1. The summed E-state index contributed by atoms with van der Waals surface area (Å²) in [6.45, 7) is 12.1. The molecule has 0 aliphatic carbocycles. The second-order valence-electron chi connectivity index (χ2n) is 8.02. The third-order valence-electron chi connectivity index (χ3n) is 5.27. The Morgan fingerprint density at radius 2 is 1.79 bits per heavy atom. The maximum absolute atomic E-state index is 12.4. The Morgan fingerprint density at radius 3 is 2.38 bits per heavy atom. The monoisotopic (exact) mass is 347 g/mol. The summed E-state index contributed by atoms with van der Waals surface area (Å²) < 4.78 is 6.38. The molecule has 0 radical (unpaired) electrons. The van der Waals surface area contributed by atoms with Crippen LogP contribution >= 0.6 is 0 Å². The van der Waals surface area contributed by atoms with E-state index >= 15 is 0 Å². The van der Waals surface area contributed by atoms with Gasteiger partial charge in [0.25, 0.3) is 5.91 Å². The normalized spacial score (nSPS) is 18.0. The van der Waals surface area contributed by atoms with Gasteiger partial charge in [-0.05, 0) is 30.1 Å². The highest BCUT2D eigenvalue weighted by molar-refractivity contribution is 6.74. The van der Waals surface area contributed by atoms with E-state index in [4.69, 9.17) is 4.43 Å². The number of likely N-dealkylation sites (tertiary alicyclic amines) is 1. The average Bonchev–Trinajstić information content (AvgIpc) is 2.51. The molecule has 1 aliphatic rings. The number of ketones is 1. The first-order valence-electron chi connectivity index (χ1n) is 8.66. The van der Waals surface area contributed by atoms with Crippen molar-refractivity contribution in [2.75, 3.05) is 13.2 Å². The predicted octanol–water partition coefficient (Wildman–Crippen LogP) is 3.94. The quantitative estimate of drug-likeness (QED) is 0.599. The maximum atomic E-state index is 12.4. The molecule has 0 bridgehead atoms. The minimum Gasteiger partial charge on any atom is -0.414 e. The molecule has 1 unspecified atom stereocenters. The van der Waals surface area contributed by atoms with E-state index in [0.29, 0.717) is 19.6 Å². The lowest BCUT2D eigenvalue weighted by Gasteiger charge is -2.40. The minimum atomic E-state index is -1.93. The number of piperidine rings is 1. The smallest absolute Gasteiger partial charge is 0.290 e. The molecule has 24 heavy (non-hydrogen) atoms. The molecule has 1 aromatic carbocycles. The standard InChI is InChI=1S/C19H29NO3Si/c1-19(2,3)24(4,5)23-14-16(15-10-7-6-8-11-15)20-13-9-12-17(21)18(20)22/h6-8,10-11,16H,9,12-14H2,1-5H3. The van der Waals surface area contributed by atoms with Gasteiger partial charge in [0.1, 0.15) is 0 Å². The fraction of sp³-hybridized carbons (Fsp3) is 0.579. The van der Waals surface area contributed by atoms with E-state index in [-0.39, 0.29) is 22.8 Å². The summed E-state index contributed by atoms with van der Waals surface area (Å²) in [5.74, 6) is -0.650. The lowest BCUT2D eigenvalue weighted by Crippen LogP contribution is -2.48. The van der Waals surface area contributed by atoms with E-state index in [0.717, 1.165) is 12.0 Å². The highest BCUT2D eigenvalue weighted by Gasteiger charge is 2.39. The number of carbonyl (C=O) groups excluding carboxylic acids is 2. The Hall–Kier alpha value is -1.46. The number of hydrogen-bond acceptors (Lipinski definition) is 3. The summed E-state index contributed by atoms with van der Waals surface area (Å²) >= 11 is 0. The topological polar surface area (TPSA) is 46.6 Å². The van der Waals surface area contributed by atoms with E-state index in [9.17, 15) is 9.59 Å². The number of rotatable bonds is 5. The van der Waals surface area contributed by atoms with Gasteiger partial charge in [-0.25, -0.2) is 0 Å². The van der Waals surface area contributed by atoms with Gasteiger partial charge in [0.15, 0.2) is 8.32 Å². The Balaban J connectivity index is 2.24. The molecule has 1 amide bonds. The molecular formula is C19H29NO3Si. The van der Waals surface area contributed by atoms with Crippen molar-refractivity contribution in [1.82, 2.24) is 4.90 Å². The van der Waals surface area contributed by atoms with Gasteiger partial charge in [-0.15, -0.1) is 0 Å². The summed E-state index contributed by atoms with van der Waals surface area (Å²) in [6, 6.07) is 9.70. The van der Waals surface area contributed by atoms with Crippen LogP contribution in [0.4, 0.5) is 0 Å². The van der Waals surface area contributed by atoms with E-state index in [1.54, 1.807) is 4.90 Å². The van der Waals surface area contributed by atoms with Crippen LogP contribution in [0.15, 0.2) is 30.3 Å². The molecule has 1 aliphatic heterocycles. The Labute approximate surface area is 146 Å². The fourth-order valence-corrected chi connectivity index (χ4v) is 3.63. The van der Waals surface area contributed by atoms with Gasteiger partial charge in [-0.1, -0.05) is 51.1 Å². The van der Waals surface area contributed by atoms with Crippen LogP contribution in [0.2, 0.25) is 18.1 Å². The largest absolute Gasteiger partial charge is 0.414 e. The van der Waals surface area contributed by atoms with Gasteiger partial charge >= 0.3 is 0 Å². The van der Waals surface area contributed by atoms with Crippen molar-refractivity contribution in [1.29, 1.82) is 0 Å². The van der Waals surface area contributed by atoms with Crippen molar-refractivity contribution >= 4 is 20.0 Å². The second-order valence-corrected chi connectivity index (χ2v) is 12.8. The zero-order valence-corrected chi connectivity index (χ0v) is 16.5. The number of benzene rings is 1. The van der Waals surface area contributed by atoms with Crippen LogP contribution in [0.1, 0.15) is 45.2 Å². The molecule has 0 saturated carbocycles. The molecule has 1 heterocycles. The zero-order chi connectivity index (χ0) is 18.0. The van der Waals surface area contributed by atoms with Crippen LogP contribution in [0.3, 0.4) is 0 Å². The molecule has 5 heteroatoms. The molecule has 1 atom stereocenters. The van der Waals surface area contributed by atoms with Crippen LogP contribution in [0.5, 0.6) is 0 Å². The van der Waals surface area contributed by atoms with Crippen molar-refractivity contribution in [3.63, 3.8) is 0 Å². The SMILES string of the molecule is CC(C)(C)[Si](C)(C)OCC(c1ccccc1)N1CCCC(=O)C1=O. The summed E-state index contributed by atoms with van der Waals surface area (Å²) in [4.78, 5) is 26.0. The second kappa shape index (κ2) is 7.19. The Morgan fingerprint density at radius 1 is 1.17 bits per heavy atom. The van der Waals surface area contributed by atoms with E-state index in [1.165, 1.54) is 0 Å². The molecule has 1 saturated heterocycles. The molecule has 0 aromatic heterocycles. The minimum absolute atomic E-state index is 0.107. The van der Waals surface area contributed by atoms with Crippen LogP contribution in [-0.4, -0.2) is 38.1 Å². The first kappa shape index (κ1) is 18.9. The highest BCUT2D eigenvalue weighted by atomic mass is 28.4. The number of hydrogen-bond donors (Lipinski definition) is 0. The Bertz CT molecular complexity index is 592. The maximum Gasteiger partial charge on any atom is 0.290 e. The summed E-state index contributed by atoms with van der Waals surface area (Å²) in [5, 5.41) is 0.107. The van der Waals surface area contributed by atoms with Crippen LogP contribution in [-0.2, 0) is 14.0 Å². The molecule has 0 spiro atoms. The molecule has 1 aromatic rings. The molecule has 2 rings (SSSR count). The predicted molar refractivity (Wildman–Crippen MR) is 98.3 cm³/mol. The lowest BCUT2D eigenvalue weighted by atomic mass is 10.0. The van der Waals surface area contributed by atoms with Crippen molar-refractivity contribution in [2.24, 2.45) is 0 Å². The van der Waals surface area contributed by atoms with Gasteiger partial charge in [-0.3, -0.25) is 9.59 Å². The van der Waals surface area contributed by atoms with Gasteiger partial charge in [0.2, 0.25) is 5.78 Å². The number of carbonyl (C=O) groups is 2. The van der Waals surface area contributed by atoms with Gasteiger partial charge in [0.05, 0.1) is 12.6 Å². The average molecular weight is 348 g/mol. The van der Waals surface area contributed by atoms with Gasteiger partial charge in [0, 0.05) is 13.0 Å². The van der Waals surface area contributed by atoms with Crippen molar-refractivity contribution in [3.8, 4) is 0 Å². The summed E-state index contributed by atoms with van der Waals surface area (Å²) in [6.07, 6.45) is 1.09. The third kappa shape index (κ3) is 4.14. The fourth-order valence-electron chi connectivity index (χ4n) is 2.62. The van der Waals surface area contributed by atoms with E-state index in [2.05, 4.69) is 33.9 Å². The molecule has 4 nitrogen and oxygen atoms in total. The molecule has 0 N–H and O–H groups in total. The number of amides is 1. The first-order valence-corrected chi connectivity index (χ1v) is 11.6. The van der Waals surface area contributed by atoms with E-state index < -0.39 is 8.32 Å². The van der Waals surface area contributed by atoms with Gasteiger partial charge in [-0.2, -0.15) is 0 Å². The van der Waals surface area contributed by atoms with Crippen molar-refractivity contribution < 1.29 is 14.0 Å². The number of nitrogens with zero attached hydrogens (tertiary/aromatic N) is 1. The van der Waals surface area contributed by atoms with Crippen LogP contribution < -0.4 is 0 Å². The molecular weight excluding hydrogens is 318 g/mol. The summed E-state index contributed by atoms with van der Waals surface area (Å²) in [5.41, 5.74) is 1.03.